The van der Waals surface area contributed by atoms with Crippen LogP contribution >= 0.6 is 11.6 Å². The van der Waals surface area contributed by atoms with Crippen molar-refractivity contribution >= 4 is 17.3 Å². The highest BCUT2D eigenvalue weighted by molar-refractivity contribution is 6.32. The van der Waals surface area contributed by atoms with Gasteiger partial charge in [0.15, 0.2) is 0 Å². The van der Waals surface area contributed by atoms with Crippen LogP contribution in [-0.2, 0) is 0 Å². The summed E-state index contributed by atoms with van der Waals surface area (Å²) in [7, 11) is 0. The summed E-state index contributed by atoms with van der Waals surface area (Å²) in [5.41, 5.74) is 5.49. The second-order valence-electron chi connectivity index (χ2n) is 2.72. The van der Waals surface area contributed by atoms with Gasteiger partial charge in [-0.05, 0) is 6.07 Å². The molecule has 0 heterocycles. The van der Waals surface area contributed by atoms with Crippen molar-refractivity contribution in [3.8, 4) is 0 Å². The minimum absolute atomic E-state index is 0.0244. The van der Waals surface area contributed by atoms with Gasteiger partial charge in [0.25, 0.3) is 5.69 Å². The zero-order chi connectivity index (χ0) is 10.7. The molecule has 1 aromatic carbocycles. The zero-order valence-corrected chi connectivity index (χ0v) is 7.94. The Balaban J connectivity index is 3.28. The van der Waals surface area contributed by atoms with E-state index in [1.165, 1.54) is 12.1 Å². The van der Waals surface area contributed by atoms with Crippen molar-refractivity contribution in [3.63, 3.8) is 0 Å². The van der Waals surface area contributed by atoms with Gasteiger partial charge in [-0.2, -0.15) is 0 Å². The highest BCUT2D eigenvalue weighted by atomic mass is 35.5. The number of nitro groups is 1. The van der Waals surface area contributed by atoms with E-state index in [1.54, 1.807) is 6.07 Å². The first-order valence-electron chi connectivity index (χ1n) is 3.87. The molecule has 0 aliphatic rings. The standard InChI is InChI=1S/C8H9ClN2O3/c9-6-3-1-2-5(7(10)4-12)8(6)11(13)14/h1-3,7,12H,4,10H2/t7-/m0/s1. The van der Waals surface area contributed by atoms with Crippen LogP contribution in [0, 0.1) is 10.1 Å². The van der Waals surface area contributed by atoms with Gasteiger partial charge in [0.1, 0.15) is 5.02 Å². The number of hydrogen-bond donors (Lipinski definition) is 2. The topological polar surface area (TPSA) is 89.4 Å². The number of para-hydroxylation sites is 1. The zero-order valence-electron chi connectivity index (χ0n) is 7.18. The second-order valence-corrected chi connectivity index (χ2v) is 3.13. The van der Waals surface area contributed by atoms with Crippen LogP contribution in [0.25, 0.3) is 0 Å². The minimum atomic E-state index is -0.783. The van der Waals surface area contributed by atoms with Gasteiger partial charge in [0.2, 0.25) is 0 Å². The van der Waals surface area contributed by atoms with Crippen LogP contribution in [0.3, 0.4) is 0 Å². The van der Waals surface area contributed by atoms with Crippen LogP contribution < -0.4 is 5.73 Å². The maximum absolute atomic E-state index is 10.6. The molecule has 0 radical (unpaired) electrons. The molecule has 0 bridgehead atoms. The Kier molecular flexibility index (Phi) is 3.40. The number of rotatable bonds is 3. The SMILES string of the molecule is N[C@@H](CO)c1cccc(Cl)c1[N+](=O)[O-]. The van der Waals surface area contributed by atoms with E-state index in [2.05, 4.69) is 0 Å². The lowest BCUT2D eigenvalue weighted by atomic mass is 10.1. The van der Waals surface area contributed by atoms with Crippen molar-refractivity contribution in [1.82, 2.24) is 0 Å². The number of aliphatic hydroxyl groups is 1. The monoisotopic (exact) mass is 216 g/mol. The third-order valence-electron chi connectivity index (χ3n) is 1.80. The van der Waals surface area contributed by atoms with E-state index in [-0.39, 0.29) is 22.9 Å². The Bertz CT molecular complexity index is 356. The summed E-state index contributed by atoms with van der Waals surface area (Å²) < 4.78 is 0. The Labute approximate surface area is 85.3 Å². The average Bonchev–Trinajstić information content (AvgIpc) is 2.15. The highest BCUT2D eigenvalue weighted by Gasteiger charge is 2.21. The normalized spacial score (nSPS) is 12.5. The van der Waals surface area contributed by atoms with E-state index in [0.717, 1.165) is 0 Å². The van der Waals surface area contributed by atoms with Crippen molar-refractivity contribution in [2.45, 2.75) is 6.04 Å². The third-order valence-corrected chi connectivity index (χ3v) is 2.10. The third kappa shape index (κ3) is 2.01. The molecule has 0 fully saturated rings. The number of nitro benzene ring substituents is 1. The van der Waals surface area contributed by atoms with Crippen molar-refractivity contribution in [2.75, 3.05) is 6.61 Å². The van der Waals surface area contributed by atoms with Crippen molar-refractivity contribution < 1.29 is 10.0 Å². The fourth-order valence-electron chi connectivity index (χ4n) is 1.12. The van der Waals surface area contributed by atoms with Gasteiger partial charge in [0, 0.05) is 0 Å². The van der Waals surface area contributed by atoms with Gasteiger partial charge in [-0.3, -0.25) is 10.1 Å². The maximum atomic E-state index is 10.6. The highest BCUT2D eigenvalue weighted by Crippen LogP contribution is 2.31. The molecular formula is C8H9ClN2O3. The lowest BCUT2D eigenvalue weighted by Gasteiger charge is -2.09. The first kappa shape index (κ1) is 10.9. The molecular weight excluding hydrogens is 208 g/mol. The molecule has 6 heteroatoms. The van der Waals surface area contributed by atoms with Gasteiger partial charge in [-0.25, -0.2) is 0 Å². The number of nitrogens with zero attached hydrogens (tertiary/aromatic N) is 1. The molecule has 14 heavy (non-hydrogen) atoms. The Morgan fingerprint density at radius 3 is 2.79 bits per heavy atom. The molecule has 1 atom stereocenters. The molecule has 5 nitrogen and oxygen atoms in total. The Morgan fingerprint density at radius 1 is 1.64 bits per heavy atom. The molecule has 0 unspecified atom stereocenters. The summed E-state index contributed by atoms with van der Waals surface area (Å²) >= 11 is 5.65. The van der Waals surface area contributed by atoms with Crippen LogP contribution in [0.4, 0.5) is 5.69 Å². The predicted molar refractivity (Wildman–Crippen MR) is 52.1 cm³/mol. The summed E-state index contributed by atoms with van der Waals surface area (Å²) in [5, 5.41) is 19.5. The van der Waals surface area contributed by atoms with E-state index >= 15 is 0 Å². The van der Waals surface area contributed by atoms with E-state index < -0.39 is 11.0 Å². The molecule has 3 N–H and O–H groups in total. The van der Waals surface area contributed by atoms with Gasteiger partial charge >= 0.3 is 0 Å². The summed E-state index contributed by atoms with van der Waals surface area (Å²) in [6.45, 7) is -0.360. The van der Waals surface area contributed by atoms with Crippen LogP contribution in [-0.4, -0.2) is 16.6 Å². The molecule has 0 aliphatic heterocycles. The molecule has 76 valence electrons. The molecule has 0 saturated carbocycles. The lowest BCUT2D eigenvalue weighted by molar-refractivity contribution is -0.385. The molecule has 0 spiro atoms. The molecule has 0 aromatic heterocycles. The fourth-order valence-corrected chi connectivity index (χ4v) is 1.37. The number of hydrogen-bond acceptors (Lipinski definition) is 4. The molecule has 0 saturated heterocycles. The number of nitrogens with two attached hydrogens (primary N) is 1. The van der Waals surface area contributed by atoms with Crippen LogP contribution in [0.15, 0.2) is 18.2 Å². The van der Waals surface area contributed by atoms with Crippen molar-refractivity contribution in [3.05, 3.63) is 38.9 Å². The summed E-state index contributed by atoms with van der Waals surface area (Å²) in [5.74, 6) is 0. The first-order chi connectivity index (χ1) is 6.57. The Morgan fingerprint density at radius 2 is 2.29 bits per heavy atom. The quantitative estimate of drug-likeness (QED) is 0.588. The summed E-state index contributed by atoms with van der Waals surface area (Å²) in [6.07, 6.45) is 0. The molecule has 1 aromatic rings. The number of benzene rings is 1. The lowest BCUT2D eigenvalue weighted by Crippen LogP contribution is -2.16. The van der Waals surface area contributed by atoms with Gasteiger partial charge < -0.3 is 10.8 Å². The smallest absolute Gasteiger partial charge is 0.292 e. The largest absolute Gasteiger partial charge is 0.394 e. The van der Waals surface area contributed by atoms with Gasteiger partial charge in [-0.15, -0.1) is 0 Å². The van der Waals surface area contributed by atoms with Crippen LogP contribution in [0.2, 0.25) is 5.02 Å². The second kappa shape index (κ2) is 4.36. The summed E-state index contributed by atoms with van der Waals surface area (Å²) in [4.78, 5) is 10.0. The predicted octanol–water partition coefficient (Wildman–Crippen LogP) is 1.24. The van der Waals surface area contributed by atoms with Gasteiger partial charge in [-0.1, -0.05) is 23.7 Å². The first-order valence-corrected chi connectivity index (χ1v) is 4.25. The van der Waals surface area contributed by atoms with E-state index in [0.29, 0.717) is 0 Å². The maximum Gasteiger partial charge on any atom is 0.292 e. The summed E-state index contributed by atoms with van der Waals surface area (Å²) in [6, 6.07) is 3.66. The van der Waals surface area contributed by atoms with Crippen molar-refractivity contribution in [1.29, 1.82) is 0 Å². The number of halogens is 1. The van der Waals surface area contributed by atoms with E-state index in [4.69, 9.17) is 22.4 Å². The fraction of sp³-hybridized carbons (Fsp3) is 0.250. The Hall–Kier alpha value is -1.17. The van der Waals surface area contributed by atoms with Gasteiger partial charge in [0.05, 0.1) is 23.1 Å². The molecule has 0 aliphatic carbocycles. The molecule has 1 rings (SSSR count). The molecule has 0 amide bonds. The van der Waals surface area contributed by atoms with E-state index in [1.807, 2.05) is 0 Å². The van der Waals surface area contributed by atoms with Crippen LogP contribution in [0.1, 0.15) is 11.6 Å². The van der Waals surface area contributed by atoms with Crippen molar-refractivity contribution in [2.24, 2.45) is 5.73 Å². The minimum Gasteiger partial charge on any atom is -0.394 e. The van der Waals surface area contributed by atoms with E-state index in [9.17, 15) is 10.1 Å². The van der Waals surface area contributed by atoms with Crippen LogP contribution in [0.5, 0.6) is 0 Å². The average molecular weight is 217 g/mol. The number of aliphatic hydroxyl groups excluding tert-OH is 1.